The van der Waals surface area contributed by atoms with Gasteiger partial charge in [-0.05, 0) is 48.7 Å². The number of methoxy groups -OCH3 is 1. The molecule has 3 aromatic rings. The normalized spacial score (nSPS) is 26.8. The van der Waals surface area contributed by atoms with Gasteiger partial charge in [0.1, 0.15) is 11.5 Å². The predicted molar refractivity (Wildman–Crippen MR) is 114 cm³/mol. The van der Waals surface area contributed by atoms with Crippen molar-refractivity contribution in [3.8, 4) is 11.5 Å². The van der Waals surface area contributed by atoms with Gasteiger partial charge in [-0.2, -0.15) is 0 Å². The summed E-state index contributed by atoms with van der Waals surface area (Å²) >= 11 is 0. The van der Waals surface area contributed by atoms with Gasteiger partial charge in [0.15, 0.2) is 17.0 Å². The van der Waals surface area contributed by atoms with Crippen LogP contribution in [0.15, 0.2) is 66.7 Å². The largest absolute Gasteiger partial charge is 0.497 e. The first-order valence-corrected chi connectivity index (χ1v) is 10.2. The van der Waals surface area contributed by atoms with E-state index in [1.165, 1.54) is 0 Å². The highest BCUT2D eigenvalue weighted by molar-refractivity contribution is 5.96. The molecule has 0 spiro atoms. The van der Waals surface area contributed by atoms with Crippen molar-refractivity contribution < 1.29 is 19.4 Å². The molecule has 2 aliphatic rings. The van der Waals surface area contributed by atoms with Crippen molar-refractivity contribution in [1.29, 1.82) is 0 Å². The summed E-state index contributed by atoms with van der Waals surface area (Å²) < 4.78 is 12.0. The van der Waals surface area contributed by atoms with Gasteiger partial charge in [0.05, 0.1) is 7.11 Å². The summed E-state index contributed by atoms with van der Waals surface area (Å²) in [5.41, 5.74) is 1.23. The summed E-state index contributed by atoms with van der Waals surface area (Å²) in [6.07, 6.45) is 0.208. The number of carbonyl (C=O) groups is 1. The number of fused-ring (bicyclic) bond motifs is 3. The van der Waals surface area contributed by atoms with Crippen molar-refractivity contribution in [2.24, 2.45) is 0 Å². The molecular formula is C26H24O4. The van der Waals surface area contributed by atoms with E-state index in [1.54, 1.807) is 7.11 Å². The van der Waals surface area contributed by atoms with Crippen LogP contribution >= 0.6 is 0 Å². The van der Waals surface area contributed by atoms with E-state index in [2.05, 4.69) is 0 Å². The summed E-state index contributed by atoms with van der Waals surface area (Å²) in [4.78, 5) is 13.5. The molecule has 1 aliphatic heterocycles. The van der Waals surface area contributed by atoms with E-state index in [4.69, 9.17) is 9.47 Å². The van der Waals surface area contributed by atoms with Gasteiger partial charge in [-0.25, -0.2) is 0 Å². The monoisotopic (exact) mass is 400 g/mol. The fourth-order valence-electron chi connectivity index (χ4n) is 5.40. The fourth-order valence-corrected chi connectivity index (χ4v) is 5.40. The molecule has 1 aliphatic carbocycles. The first-order chi connectivity index (χ1) is 14.4. The number of aryl methyl sites for hydroxylation is 2. The van der Waals surface area contributed by atoms with Crippen LogP contribution in [0.25, 0.3) is 0 Å². The number of benzene rings is 3. The zero-order valence-electron chi connectivity index (χ0n) is 17.3. The lowest BCUT2D eigenvalue weighted by Crippen LogP contribution is -2.50. The molecule has 1 fully saturated rings. The van der Waals surface area contributed by atoms with E-state index in [1.807, 2.05) is 80.6 Å². The van der Waals surface area contributed by atoms with Crippen LogP contribution in [0.4, 0.5) is 0 Å². The predicted octanol–water partition coefficient (Wildman–Crippen LogP) is 4.54. The highest BCUT2D eigenvalue weighted by Gasteiger charge is 2.73. The van der Waals surface area contributed by atoms with Crippen molar-refractivity contribution in [3.05, 3.63) is 94.5 Å². The third-order valence-corrected chi connectivity index (χ3v) is 6.62. The quantitative estimate of drug-likeness (QED) is 0.701. The van der Waals surface area contributed by atoms with Crippen molar-refractivity contribution in [2.75, 3.05) is 7.11 Å². The molecular weight excluding hydrogens is 376 g/mol. The summed E-state index contributed by atoms with van der Waals surface area (Å²) in [6.45, 7) is 3.92. The van der Waals surface area contributed by atoms with Gasteiger partial charge < -0.3 is 14.6 Å². The molecule has 4 nitrogen and oxygen atoms in total. The minimum atomic E-state index is -1.75. The highest BCUT2D eigenvalue weighted by atomic mass is 16.5. The average Bonchev–Trinajstić information content (AvgIpc) is 3.14. The number of rotatable bonds is 3. The SMILES string of the molecule is COc1ccc([C@@]23Oc4cc(C)cc(C)c4[C@]2(O)C(=O)C[C@H]3c2ccccc2)cc1. The van der Waals surface area contributed by atoms with Crippen molar-refractivity contribution >= 4 is 5.78 Å². The van der Waals surface area contributed by atoms with E-state index in [0.29, 0.717) is 17.1 Å². The molecule has 152 valence electrons. The van der Waals surface area contributed by atoms with E-state index in [0.717, 1.165) is 22.3 Å². The molecule has 1 N–H and O–H groups in total. The Morgan fingerprint density at radius 2 is 1.73 bits per heavy atom. The maximum absolute atomic E-state index is 13.5. The summed E-state index contributed by atoms with van der Waals surface area (Å²) in [7, 11) is 1.61. The van der Waals surface area contributed by atoms with Crippen LogP contribution in [0, 0.1) is 13.8 Å². The molecule has 1 saturated carbocycles. The van der Waals surface area contributed by atoms with Crippen LogP contribution in [0.5, 0.6) is 11.5 Å². The molecule has 4 heteroatoms. The van der Waals surface area contributed by atoms with E-state index >= 15 is 0 Å². The number of Topliss-reactive ketones (excluding diaryl/α,β-unsaturated/α-hetero) is 1. The second-order valence-corrected chi connectivity index (χ2v) is 8.32. The molecule has 5 rings (SSSR count). The van der Waals surface area contributed by atoms with Crippen molar-refractivity contribution in [2.45, 2.75) is 37.4 Å². The molecule has 0 saturated heterocycles. The number of carbonyl (C=O) groups excluding carboxylic acids is 1. The van der Waals surface area contributed by atoms with E-state index in [-0.39, 0.29) is 18.1 Å². The fraction of sp³-hybridized carbons (Fsp3) is 0.269. The standard InChI is InChI=1S/C26H24O4/c1-16-13-17(2)24-22(14-16)30-26(19-9-11-20(29-3)12-10-19)21(15-23(27)25(24,26)28)18-7-5-4-6-8-18/h4-14,21,28H,15H2,1-3H3/t21-,25+,26-/m0/s1. The lowest BCUT2D eigenvalue weighted by Gasteiger charge is -2.39. The molecule has 3 atom stereocenters. The van der Waals surface area contributed by atoms with Crippen LogP contribution in [0.1, 0.15) is 40.2 Å². The first kappa shape index (κ1) is 18.9. The van der Waals surface area contributed by atoms with Crippen molar-refractivity contribution in [1.82, 2.24) is 0 Å². The van der Waals surface area contributed by atoms with Crippen LogP contribution in [0.2, 0.25) is 0 Å². The van der Waals surface area contributed by atoms with Gasteiger partial charge in [-0.1, -0.05) is 48.5 Å². The van der Waals surface area contributed by atoms with Crippen LogP contribution in [-0.4, -0.2) is 18.0 Å². The number of aliphatic hydroxyl groups is 1. The maximum atomic E-state index is 13.5. The Morgan fingerprint density at radius 3 is 2.40 bits per heavy atom. The van der Waals surface area contributed by atoms with E-state index in [9.17, 15) is 9.90 Å². The van der Waals surface area contributed by atoms with Crippen LogP contribution < -0.4 is 9.47 Å². The number of ether oxygens (including phenoxy) is 2. The van der Waals surface area contributed by atoms with Gasteiger partial charge in [-0.15, -0.1) is 0 Å². The Bertz CT molecular complexity index is 1140. The van der Waals surface area contributed by atoms with Gasteiger partial charge in [0.25, 0.3) is 0 Å². The summed E-state index contributed by atoms with van der Waals surface area (Å²) in [5, 5.41) is 12.2. The summed E-state index contributed by atoms with van der Waals surface area (Å²) in [6, 6.07) is 21.3. The third kappa shape index (κ3) is 2.28. The molecule has 0 bridgehead atoms. The van der Waals surface area contributed by atoms with Gasteiger partial charge in [0, 0.05) is 23.5 Å². The molecule has 0 radical (unpaired) electrons. The molecule has 0 amide bonds. The van der Waals surface area contributed by atoms with Gasteiger partial charge >= 0.3 is 0 Å². The minimum absolute atomic E-state index is 0.208. The Morgan fingerprint density at radius 1 is 1.03 bits per heavy atom. The first-order valence-electron chi connectivity index (χ1n) is 10.2. The molecule has 3 aromatic carbocycles. The number of hydrogen-bond acceptors (Lipinski definition) is 4. The Kier molecular flexibility index (Phi) is 4.06. The van der Waals surface area contributed by atoms with Crippen LogP contribution in [0.3, 0.4) is 0 Å². The smallest absolute Gasteiger partial charge is 0.196 e. The van der Waals surface area contributed by atoms with Crippen molar-refractivity contribution in [3.63, 3.8) is 0 Å². The lowest BCUT2D eigenvalue weighted by molar-refractivity contribution is -0.151. The highest BCUT2D eigenvalue weighted by Crippen LogP contribution is 2.65. The number of hydrogen-bond donors (Lipinski definition) is 1. The number of ketones is 1. The van der Waals surface area contributed by atoms with E-state index < -0.39 is 11.2 Å². The molecule has 1 heterocycles. The van der Waals surface area contributed by atoms with Gasteiger partial charge in [0.2, 0.25) is 0 Å². The molecule has 30 heavy (non-hydrogen) atoms. The summed E-state index contributed by atoms with van der Waals surface area (Å²) in [5.74, 6) is 0.760. The Balaban J connectivity index is 1.82. The maximum Gasteiger partial charge on any atom is 0.196 e. The topological polar surface area (TPSA) is 55.8 Å². The molecule has 0 unspecified atom stereocenters. The lowest BCUT2D eigenvalue weighted by atomic mass is 9.71. The zero-order chi connectivity index (χ0) is 21.1. The van der Waals surface area contributed by atoms with Crippen LogP contribution in [-0.2, 0) is 16.0 Å². The Hall–Kier alpha value is -3.11. The second-order valence-electron chi connectivity index (χ2n) is 8.32. The zero-order valence-corrected chi connectivity index (χ0v) is 17.3. The van der Waals surface area contributed by atoms with Gasteiger partial charge in [-0.3, -0.25) is 4.79 Å². The second kappa shape index (κ2) is 6.44. The third-order valence-electron chi connectivity index (χ3n) is 6.62. The molecule has 0 aromatic heterocycles. The minimum Gasteiger partial charge on any atom is -0.497 e. The average molecular weight is 400 g/mol. The Labute approximate surface area is 176 Å².